The Labute approximate surface area is 152 Å². The van der Waals surface area contributed by atoms with E-state index in [4.69, 9.17) is 9.47 Å². The molecule has 1 fully saturated rings. The standard InChI is InChI=1S/C20H22N4O2/c1-14-11-19(22-8-10-25-13-15-5-4-9-26-15)24-18-7-3-2-6-17(18)23-20(24)16(14)12-21/h2-3,6-7,11,15,22H,4-5,8-10,13H2,1H3. The summed E-state index contributed by atoms with van der Waals surface area (Å²) in [6.45, 7) is 4.73. The average Bonchev–Trinajstić information content (AvgIpc) is 3.28. The normalized spacial score (nSPS) is 17.0. The van der Waals surface area contributed by atoms with Crippen LogP contribution in [0, 0.1) is 18.3 Å². The van der Waals surface area contributed by atoms with Crippen molar-refractivity contribution in [2.24, 2.45) is 0 Å². The Morgan fingerprint density at radius 3 is 3.12 bits per heavy atom. The maximum Gasteiger partial charge on any atom is 0.157 e. The molecule has 0 radical (unpaired) electrons. The number of nitrogens with zero attached hydrogens (tertiary/aromatic N) is 3. The first-order chi connectivity index (χ1) is 12.8. The number of benzene rings is 1. The van der Waals surface area contributed by atoms with E-state index in [0.717, 1.165) is 41.9 Å². The van der Waals surface area contributed by atoms with E-state index >= 15 is 0 Å². The summed E-state index contributed by atoms with van der Waals surface area (Å²) in [4.78, 5) is 4.66. The summed E-state index contributed by atoms with van der Waals surface area (Å²) >= 11 is 0. The number of nitriles is 1. The lowest BCUT2D eigenvalue weighted by Gasteiger charge is -2.14. The number of aromatic nitrogens is 2. The van der Waals surface area contributed by atoms with E-state index in [0.29, 0.717) is 31.0 Å². The molecule has 6 heteroatoms. The van der Waals surface area contributed by atoms with Crippen LogP contribution in [0.1, 0.15) is 24.0 Å². The van der Waals surface area contributed by atoms with Gasteiger partial charge in [-0.1, -0.05) is 12.1 Å². The SMILES string of the molecule is Cc1cc(NCCOCC2CCCO2)n2c(nc3ccccc32)c1C#N. The van der Waals surface area contributed by atoms with E-state index in [1.807, 2.05) is 41.7 Å². The first-order valence-corrected chi connectivity index (χ1v) is 9.02. The van der Waals surface area contributed by atoms with E-state index in [-0.39, 0.29) is 6.10 Å². The quantitative estimate of drug-likeness (QED) is 0.691. The summed E-state index contributed by atoms with van der Waals surface area (Å²) in [5.74, 6) is 0.922. The number of fused-ring (bicyclic) bond motifs is 3. The largest absolute Gasteiger partial charge is 0.377 e. The zero-order valence-electron chi connectivity index (χ0n) is 14.9. The molecule has 1 atom stereocenters. The van der Waals surface area contributed by atoms with Gasteiger partial charge >= 0.3 is 0 Å². The molecule has 1 aliphatic rings. The fourth-order valence-electron chi connectivity index (χ4n) is 3.47. The minimum absolute atomic E-state index is 0.247. The Balaban J connectivity index is 1.55. The van der Waals surface area contributed by atoms with Crippen LogP contribution in [-0.4, -0.2) is 41.9 Å². The summed E-state index contributed by atoms with van der Waals surface area (Å²) in [6.07, 6.45) is 2.46. The number of pyridine rings is 1. The highest BCUT2D eigenvalue weighted by Crippen LogP contribution is 2.26. The van der Waals surface area contributed by atoms with Crippen molar-refractivity contribution in [3.63, 3.8) is 0 Å². The molecule has 0 amide bonds. The van der Waals surface area contributed by atoms with Crippen LogP contribution in [0.4, 0.5) is 5.82 Å². The molecule has 1 N–H and O–H groups in total. The van der Waals surface area contributed by atoms with E-state index in [2.05, 4.69) is 16.4 Å². The number of para-hydroxylation sites is 2. The van der Waals surface area contributed by atoms with Gasteiger partial charge in [0.15, 0.2) is 5.65 Å². The molecule has 134 valence electrons. The van der Waals surface area contributed by atoms with Crippen molar-refractivity contribution >= 4 is 22.5 Å². The van der Waals surface area contributed by atoms with Crippen molar-refractivity contribution in [1.29, 1.82) is 5.26 Å². The van der Waals surface area contributed by atoms with E-state index in [1.54, 1.807) is 0 Å². The molecule has 0 aliphatic carbocycles. The average molecular weight is 350 g/mol. The number of aryl methyl sites for hydroxylation is 1. The topological polar surface area (TPSA) is 71.6 Å². The molecule has 1 unspecified atom stereocenters. The molecule has 3 aromatic rings. The van der Waals surface area contributed by atoms with Gasteiger partial charge in [-0.15, -0.1) is 0 Å². The molecule has 1 saturated heterocycles. The van der Waals surface area contributed by atoms with Gasteiger partial charge in [-0.25, -0.2) is 4.98 Å². The smallest absolute Gasteiger partial charge is 0.157 e. The molecule has 0 saturated carbocycles. The number of nitrogens with one attached hydrogen (secondary N) is 1. The second-order valence-electron chi connectivity index (χ2n) is 6.60. The van der Waals surface area contributed by atoms with Gasteiger partial charge in [0.2, 0.25) is 0 Å². The Hall–Kier alpha value is -2.62. The Kier molecular flexibility index (Phi) is 4.74. The minimum Gasteiger partial charge on any atom is -0.377 e. The van der Waals surface area contributed by atoms with E-state index < -0.39 is 0 Å². The van der Waals surface area contributed by atoms with Crippen molar-refractivity contribution in [1.82, 2.24) is 9.38 Å². The van der Waals surface area contributed by atoms with Crippen LogP contribution in [0.15, 0.2) is 30.3 Å². The summed E-state index contributed by atoms with van der Waals surface area (Å²) in [6, 6.07) is 12.2. The van der Waals surface area contributed by atoms with E-state index in [1.165, 1.54) is 0 Å². The number of hydrogen-bond donors (Lipinski definition) is 1. The van der Waals surface area contributed by atoms with Crippen molar-refractivity contribution in [2.45, 2.75) is 25.9 Å². The zero-order valence-corrected chi connectivity index (χ0v) is 14.9. The molecule has 1 aromatic carbocycles. The lowest BCUT2D eigenvalue weighted by atomic mass is 10.1. The number of ether oxygens (including phenoxy) is 2. The van der Waals surface area contributed by atoms with Gasteiger partial charge in [0.1, 0.15) is 11.9 Å². The van der Waals surface area contributed by atoms with Gasteiger partial charge in [-0.2, -0.15) is 5.26 Å². The minimum atomic E-state index is 0.247. The van der Waals surface area contributed by atoms with Gasteiger partial charge < -0.3 is 14.8 Å². The van der Waals surface area contributed by atoms with Crippen LogP contribution in [-0.2, 0) is 9.47 Å². The van der Waals surface area contributed by atoms with Crippen molar-refractivity contribution in [3.8, 4) is 6.07 Å². The highest BCUT2D eigenvalue weighted by molar-refractivity contribution is 5.85. The van der Waals surface area contributed by atoms with Gasteiger partial charge in [0, 0.05) is 13.2 Å². The van der Waals surface area contributed by atoms with Gasteiger partial charge in [0.25, 0.3) is 0 Å². The zero-order chi connectivity index (χ0) is 17.9. The Bertz CT molecular complexity index is 967. The number of hydrogen-bond acceptors (Lipinski definition) is 5. The molecule has 0 spiro atoms. The third kappa shape index (κ3) is 3.12. The van der Waals surface area contributed by atoms with Crippen molar-refractivity contribution in [2.75, 3.05) is 31.7 Å². The fourth-order valence-corrected chi connectivity index (χ4v) is 3.47. The molecular formula is C20H22N4O2. The van der Waals surface area contributed by atoms with Crippen molar-refractivity contribution in [3.05, 3.63) is 41.5 Å². The molecule has 3 heterocycles. The fraction of sp³-hybridized carbons (Fsp3) is 0.400. The second kappa shape index (κ2) is 7.32. The predicted octanol–water partition coefficient (Wildman–Crippen LogP) is 3.28. The third-order valence-electron chi connectivity index (χ3n) is 4.76. The molecule has 2 aromatic heterocycles. The molecule has 0 bridgehead atoms. The first kappa shape index (κ1) is 16.8. The molecule has 6 nitrogen and oxygen atoms in total. The van der Waals surface area contributed by atoms with Crippen LogP contribution < -0.4 is 5.32 Å². The predicted molar refractivity (Wildman–Crippen MR) is 100 cm³/mol. The van der Waals surface area contributed by atoms with Crippen LogP contribution in [0.25, 0.3) is 16.7 Å². The maximum atomic E-state index is 9.53. The number of imidazole rings is 1. The van der Waals surface area contributed by atoms with Crippen LogP contribution in [0.2, 0.25) is 0 Å². The summed E-state index contributed by atoms with van der Waals surface area (Å²) in [7, 11) is 0. The lowest BCUT2D eigenvalue weighted by molar-refractivity contribution is 0.0206. The van der Waals surface area contributed by atoms with Gasteiger partial charge in [-0.05, 0) is 43.5 Å². The van der Waals surface area contributed by atoms with Gasteiger partial charge in [-0.3, -0.25) is 4.40 Å². The molecule has 1 aliphatic heterocycles. The highest BCUT2D eigenvalue weighted by Gasteiger charge is 2.16. The van der Waals surface area contributed by atoms with Crippen LogP contribution in [0.5, 0.6) is 0 Å². The van der Waals surface area contributed by atoms with Crippen LogP contribution in [0.3, 0.4) is 0 Å². The van der Waals surface area contributed by atoms with E-state index in [9.17, 15) is 5.26 Å². The summed E-state index contributed by atoms with van der Waals surface area (Å²) in [5.41, 5.74) is 4.09. The monoisotopic (exact) mass is 350 g/mol. The highest BCUT2D eigenvalue weighted by atomic mass is 16.5. The Morgan fingerprint density at radius 1 is 1.42 bits per heavy atom. The summed E-state index contributed by atoms with van der Waals surface area (Å²) in [5, 5.41) is 13.0. The van der Waals surface area contributed by atoms with Crippen LogP contribution >= 0.6 is 0 Å². The third-order valence-corrected chi connectivity index (χ3v) is 4.76. The molecule has 26 heavy (non-hydrogen) atoms. The number of rotatable bonds is 6. The van der Waals surface area contributed by atoms with Gasteiger partial charge in [0.05, 0.1) is 35.9 Å². The summed E-state index contributed by atoms with van der Waals surface area (Å²) < 4.78 is 13.3. The first-order valence-electron chi connectivity index (χ1n) is 9.02. The molecule has 4 rings (SSSR count). The lowest BCUT2D eigenvalue weighted by Crippen LogP contribution is -2.18. The number of anilines is 1. The Morgan fingerprint density at radius 2 is 2.31 bits per heavy atom. The van der Waals surface area contributed by atoms with Crippen molar-refractivity contribution < 1.29 is 9.47 Å². The second-order valence-corrected chi connectivity index (χ2v) is 6.60. The molecular weight excluding hydrogens is 328 g/mol. The maximum absolute atomic E-state index is 9.53.